The molecule has 5 nitrogen and oxygen atoms in total. The van der Waals surface area contributed by atoms with Crippen molar-refractivity contribution >= 4 is 17.2 Å². The monoisotopic (exact) mass is 302 g/mol. The van der Waals surface area contributed by atoms with Crippen molar-refractivity contribution in [2.75, 3.05) is 0 Å². The van der Waals surface area contributed by atoms with Crippen LogP contribution in [0, 0.1) is 6.92 Å². The molecule has 0 aromatic carbocycles. The number of hydrogen-bond donors (Lipinski definition) is 0. The summed E-state index contributed by atoms with van der Waals surface area (Å²) in [4.78, 5) is 16.1. The minimum atomic E-state index is -0.104. The summed E-state index contributed by atoms with van der Waals surface area (Å²) >= 11 is 5.81. The Kier molecular flexibility index (Phi) is 3.51. The molecule has 108 valence electrons. The molecule has 6 heteroatoms. The van der Waals surface area contributed by atoms with Gasteiger partial charge in [0.1, 0.15) is 10.8 Å². The van der Waals surface area contributed by atoms with E-state index in [1.165, 1.54) is 4.52 Å². The standard InChI is InChI=1S/C15H15ClN4O/c1-3-12-7-14-19(9-11-4-5-13(16)17-8-11)10(2)6-15(21)20(14)18-12/h4-8H,3,9H2,1-2H3. The highest BCUT2D eigenvalue weighted by molar-refractivity contribution is 6.29. The fraction of sp³-hybridized carbons (Fsp3) is 0.267. The topological polar surface area (TPSA) is 52.2 Å². The fourth-order valence-electron chi connectivity index (χ4n) is 2.33. The number of nitrogens with zero attached hydrogens (tertiary/aromatic N) is 4. The smallest absolute Gasteiger partial charge is 0.274 e. The van der Waals surface area contributed by atoms with E-state index in [-0.39, 0.29) is 5.56 Å². The Labute approximate surface area is 126 Å². The van der Waals surface area contributed by atoms with Crippen LogP contribution in [0.3, 0.4) is 0 Å². The van der Waals surface area contributed by atoms with Crippen molar-refractivity contribution in [1.82, 2.24) is 19.2 Å². The summed E-state index contributed by atoms with van der Waals surface area (Å²) in [6.07, 6.45) is 2.54. The van der Waals surface area contributed by atoms with Crippen LogP contribution in [0.1, 0.15) is 23.9 Å². The van der Waals surface area contributed by atoms with E-state index in [4.69, 9.17) is 11.6 Å². The summed E-state index contributed by atoms with van der Waals surface area (Å²) in [6, 6.07) is 7.25. The minimum absolute atomic E-state index is 0.104. The SMILES string of the molecule is CCc1cc2n(Cc3ccc(Cl)nc3)c(C)cc(=O)n2n1. The highest BCUT2D eigenvalue weighted by atomic mass is 35.5. The van der Waals surface area contributed by atoms with Crippen LogP contribution >= 0.6 is 11.6 Å². The van der Waals surface area contributed by atoms with Crippen LogP contribution in [-0.2, 0) is 13.0 Å². The first-order valence-electron chi connectivity index (χ1n) is 6.78. The van der Waals surface area contributed by atoms with Crippen molar-refractivity contribution in [1.29, 1.82) is 0 Å². The molecule has 3 rings (SSSR count). The first kappa shape index (κ1) is 13.8. The van der Waals surface area contributed by atoms with Crippen molar-refractivity contribution in [2.24, 2.45) is 0 Å². The molecule has 3 heterocycles. The minimum Gasteiger partial charge on any atom is -0.326 e. The molecule has 0 bridgehead atoms. The Bertz CT molecular complexity index is 848. The first-order valence-corrected chi connectivity index (χ1v) is 7.16. The van der Waals surface area contributed by atoms with E-state index in [0.29, 0.717) is 11.7 Å². The van der Waals surface area contributed by atoms with Gasteiger partial charge in [-0.25, -0.2) is 4.98 Å². The van der Waals surface area contributed by atoms with Gasteiger partial charge in [0.15, 0.2) is 0 Å². The van der Waals surface area contributed by atoms with E-state index in [0.717, 1.165) is 29.0 Å². The summed E-state index contributed by atoms with van der Waals surface area (Å²) < 4.78 is 3.51. The van der Waals surface area contributed by atoms with Crippen LogP contribution in [0.15, 0.2) is 35.3 Å². The predicted molar refractivity (Wildman–Crippen MR) is 81.9 cm³/mol. The molecule has 0 amide bonds. The zero-order valence-corrected chi connectivity index (χ0v) is 12.6. The van der Waals surface area contributed by atoms with Gasteiger partial charge in [-0.3, -0.25) is 4.79 Å². The van der Waals surface area contributed by atoms with Crippen LogP contribution in [0.25, 0.3) is 5.65 Å². The molecule has 0 spiro atoms. The molecule has 0 aliphatic rings. The second-order valence-electron chi connectivity index (χ2n) is 4.96. The Morgan fingerprint density at radius 1 is 1.29 bits per heavy atom. The van der Waals surface area contributed by atoms with Crippen LogP contribution in [0.4, 0.5) is 0 Å². The number of fused-ring (bicyclic) bond motifs is 1. The normalized spacial score (nSPS) is 11.2. The molecule has 0 N–H and O–H groups in total. The lowest BCUT2D eigenvalue weighted by molar-refractivity contribution is 0.732. The predicted octanol–water partition coefficient (Wildman–Crippen LogP) is 2.46. The Balaban J connectivity index is 2.14. The second kappa shape index (κ2) is 5.33. The van der Waals surface area contributed by atoms with Crippen molar-refractivity contribution < 1.29 is 0 Å². The van der Waals surface area contributed by atoms with Crippen molar-refractivity contribution in [3.05, 3.63) is 62.9 Å². The maximum absolute atomic E-state index is 12.0. The van der Waals surface area contributed by atoms with Gasteiger partial charge in [-0.05, 0) is 25.0 Å². The average molecular weight is 303 g/mol. The quantitative estimate of drug-likeness (QED) is 0.698. The zero-order chi connectivity index (χ0) is 15.0. The van der Waals surface area contributed by atoms with Crippen LogP contribution < -0.4 is 5.56 Å². The van der Waals surface area contributed by atoms with Gasteiger partial charge >= 0.3 is 0 Å². The first-order chi connectivity index (χ1) is 10.1. The molecule has 0 saturated heterocycles. The largest absolute Gasteiger partial charge is 0.326 e. The molecule has 0 unspecified atom stereocenters. The summed E-state index contributed by atoms with van der Waals surface area (Å²) in [5.74, 6) is 0. The van der Waals surface area contributed by atoms with Crippen LogP contribution in [-0.4, -0.2) is 19.2 Å². The zero-order valence-electron chi connectivity index (χ0n) is 11.9. The number of hydrogen-bond acceptors (Lipinski definition) is 3. The summed E-state index contributed by atoms with van der Waals surface area (Å²) in [6.45, 7) is 4.56. The molecule has 21 heavy (non-hydrogen) atoms. The van der Waals surface area contributed by atoms with E-state index in [1.54, 1.807) is 18.3 Å². The highest BCUT2D eigenvalue weighted by Gasteiger charge is 2.10. The Morgan fingerprint density at radius 3 is 2.76 bits per heavy atom. The Morgan fingerprint density at radius 2 is 2.10 bits per heavy atom. The fourth-order valence-corrected chi connectivity index (χ4v) is 2.44. The van der Waals surface area contributed by atoms with Crippen molar-refractivity contribution in [3.63, 3.8) is 0 Å². The molecule has 0 atom stereocenters. The molecule has 0 radical (unpaired) electrons. The molecular weight excluding hydrogens is 288 g/mol. The van der Waals surface area contributed by atoms with Gasteiger partial charge in [0.2, 0.25) is 0 Å². The van der Waals surface area contributed by atoms with Gasteiger partial charge < -0.3 is 4.57 Å². The van der Waals surface area contributed by atoms with Gasteiger partial charge in [-0.2, -0.15) is 9.61 Å². The number of aryl methyl sites for hydroxylation is 2. The average Bonchev–Trinajstić information content (AvgIpc) is 2.90. The summed E-state index contributed by atoms with van der Waals surface area (Å²) in [7, 11) is 0. The molecule has 0 fully saturated rings. The number of rotatable bonds is 3. The van der Waals surface area contributed by atoms with E-state index in [1.807, 2.05) is 26.0 Å². The van der Waals surface area contributed by atoms with E-state index in [9.17, 15) is 4.79 Å². The third kappa shape index (κ3) is 2.56. The number of pyridine rings is 1. The molecule has 0 aliphatic carbocycles. The third-order valence-corrected chi connectivity index (χ3v) is 3.70. The summed E-state index contributed by atoms with van der Waals surface area (Å²) in [5, 5.41) is 4.81. The van der Waals surface area contributed by atoms with Crippen LogP contribution in [0.2, 0.25) is 5.15 Å². The second-order valence-corrected chi connectivity index (χ2v) is 5.35. The molecule has 0 aliphatic heterocycles. The van der Waals surface area contributed by atoms with Gasteiger partial charge in [0, 0.05) is 24.0 Å². The van der Waals surface area contributed by atoms with E-state index < -0.39 is 0 Å². The third-order valence-electron chi connectivity index (χ3n) is 3.48. The number of aromatic nitrogens is 4. The number of halogens is 1. The molecule has 3 aromatic rings. The highest BCUT2D eigenvalue weighted by Crippen LogP contribution is 2.13. The van der Waals surface area contributed by atoms with E-state index in [2.05, 4.69) is 14.6 Å². The lowest BCUT2D eigenvalue weighted by atomic mass is 10.2. The van der Waals surface area contributed by atoms with Gasteiger partial charge in [0.05, 0.1) is 12.2 Å². The maximum Gasteiger partial charge on any atom is 0.274 e. The molecule has 0 saturated carbocycles. The van der Waals surface area contributed by atoms with Gasteiger partial charge in [-0.1, -0.05) is 24.6 Å². The lowest BCUT2D eigenvalue weighted by Gasteiger charge is -2.12. The van der Waals surface area contributed by atoms with Crippen molar-refractivity contribution in [2.45, 2.75) is 26.8 Å². The lowest BCUT2D eigenvalue weighted by Crippen LogP contribution is -2.20. The van der Waals surface area contributed by atoms with E-state index >= 15 is 0 Å². The van der Waals surface area contributed by atoms with Crippen molar-refractivity contribution in [3.8, 4) is 0 Å². The van der Waals surface area contributed by atoms with Gasteiger partial charge in [-0.15, -0.1) is 0 Å². The molecular formula is C15H15ClN4O. The Hall–Kier alpha value is -2.14. The molecule has 3 aromatic heterocycles. The summed E-state index contributed by atoms with van der Waals surface area (Å²) in [5.41, 5.74) is 3.51. The maximum atomic E-state index is 12.0. The van der Waals surface area contributed by atoms with Crippen LogP contribution in [0.5, 0.6) is 0 Å². The van der Waals surface area contributed by atoms with Gasteiger partial charge in [0.25, 0.3) is 5.56 Å².